The number of hydrogen-bond donors (Lipinski definition) is 1. The minimum Gasteiger partial charge on any atom is -0.486 e. The summed E-state index contributed by atoms with van der Waals surface area (Å²) < 4.78 is 5.79. The maximum atomic E-state index is 5.79. The molecule has 2 aromatic heterocycles. The smallest absolute Gasteiger partial charge is 0.225 e. The van der Waals surface area contributed by atoms with Crippen molar-refractivity contribution in [2.45, 2.75) is 25.8 Å². The molecule has 0 bridgehead atoms. The highest BCUT2D eigenvalue weighted by atomic mass is 16.5. The van der Waals surface area contributed by atoms with Crippen molar-refractivity contribution in [1.29, 1.82) is 0 Å². The van der Waals surface area contributed by atoms with E-state index in [1.807, 2.05) is 31.3 Å². The zero-order chi connectivity index (χ0) is 20.3. The Bertz CT molecular complexity index is 1000. The first-order valence-electron chi connectivity index (χ1n) is 10.5. The van der Waals surface area contributed by atoms with Gasteiger partial charge in [-0.3, -0.25) is 4.98 Å². The molecule has 1 N–H and O–H groups in total. The SMILES string of the molecule is Cc1cc(N2CCC(Nc3ncc4c(n3)N(c3ccccc3)CCO4)CC2)ccn1. The Hall–Kier alpha value is -3.35. The standard InChI is InChI=1S/C23H26N6O/c1-17-15-20(7-10-24-17)28-11-8-18(9-12-28)26-23-25-16-21-22(27-23)29(13-14-30-21)19-5-3-2-4-6-19/h2-7,10,15-16,18H,8-9,11-14H2,1H3,(H,25,26,27). The fraction of sp³-hybridized carbons (Fsp3) is 0.348. The van der Waals surface area contributed by atoms with Gasteiger partial charge in [0, 0.05) is 42.4 Å². The van der Waals surface area contributed by atoms with E-state index in [1.165, 1.54) is 5.69 Å². The van der Waals surface area contributed by atoms with Crippen molar-refractivity contribution >= 4 is 23.1 Å². The third-order valence-corrected chi connectivity index (χ3v) is 5.71. The molecule has 1 saturated heterocycles. The lowest BCUT2D eigenvalue weighted by molar-refractivity contribution is 0.310. The van der Waals surface area contributed by atoms with E-state index in [9.17, 15) is 0 Å². The van der Waals surface area contributed by atoms with Gasteiger partial charge in [-0.15, -0.1) is 0 Å². The normalized spacial score (nSPS) is 16.7. The molecule has 0 aliphatic carbocycles. The van der Waals surface area contributed by atoms with Gasteiger partial charge in [0.2, 0.25) is 5.95 Å². The van der Waals surface area contributed by atoms with Gasteiger partial charge in [0.25, 0.3) is 0 Å². The first kappa shape index (κ1) is 18.7. The Morgan fingerprint density at radius 1 is 1.00 bits per heavy atom. The van der Waals surface area contributed by atoms with Gasteiger partial charge in [0.15, 0.2) is 11.6 Å². The monoisotopic (exact) mass is 402 g/mol. The van der Waals surface area contributed by atoms with Crippen molar-refractivity contribution in [3.8, 4) is 5.75 Å². The molecule has 154 valence electrons. The Kier molecular flexibility index (Phi) is 5.09. The van der Waals surface area contributed by atoms with Crippen LogP contribution < -0.4 is 19.9 Å². The maximum absolute atomic E-state index is 5.79. The molecule has 0 saturated carbocycles. The summed E-state index contributed by atoms with van der Waals surface area (Å²) >= 11 is 0. The third kappa shape index (κ3) is 3.87. The zero-order valence-corrected chi connectivity index (χ0v) is 17.2. The van der Waals surface area contributed by atoms with E-state index < -0.39 is 0 Å². The van der Waals surface area contributed by atoms with E-state index >= 15 is 0 Å². The number of hydrogen-bond acceptors (Lipinski definition) is 7. The van der Waals surface area contributed by atoms with Crippen molar-refractivity contribution in [2.75, 3.05) is 41.4 Å². The van der Waals surface area contributed by atoms with E-state index in [1.54, 1.807) is 6.20 Å². The first-order chi connectivity index (χ1) is 14.8. The largest absolute Gasteiger partial charge is 0.486 e. The molecule has 1 fully saturated rings. The van der Waals surface area contributed by atoms with Crippen molar-refractivity contribution in [3.63, 3.8) is 0 Å². The minimum absolute atomic E-state index is 0.358. The molecular weight excluding hydrogens is 376 g/mol. The van der Waals surface area contributed by atoms with Crippen LogP contribution in [0.5, 0.6) is 5.75 Å². The summed E-state index contributed by atoms with van der Waals surface area (Å²) in [5.74, 6) is 2.23. The maximum Gasteiger partial charge on any atom is 0.225 e. The Balaban J connectivity index is 1.27. The molecule has 0 spiro atoms. The molecule has 0 atom stereocenters. The lowest BCUT2D eigenvalue weighted by atomic mass is 10.0. The van der Waals surface area contributed by atoms with E-state index in [0.717, 1.165) is 55.4 Å². The van der Waals surface area contributed by atoms with Crippen LogP contribution in [0.3, 0.4) is 0 Å². The molecule has 2 aliphatic heterocycles. The molecule has 7 heteroatoms. The summed E-state index contributed by atoms with van der Waals surface area (Å²) in [7, 11) is 0. The zero-order valence-electron chi connectivity index (χ0n) is 17.2. The van der Waals surface area contributed by atoms with Gasteiger partial charge in [-0.25, -0.2) is 4.98 Å². The average Bonchev–Trinajstić information content (AvgIpc) is 2.80. The summed E-state index contributed by atoms with van der Waals surface area (Å²) in [5, 5.41) is 3.54. The van der Waals surface area contributed by atoms with Gasteiger partial charge in [-0.2, -0.15) is 4.98 Å². The lowest BCUT2D eigenvalue weighted by Crippen LogP contribution is -2.39. The first-order valence-corrected chi connectivity index (χ1v) is 10.5. The molecule has 1 aromatic carbocycles. The second kappa shape index (κ2) is 8.18. The molecule has 30 heavy (non-hydrogen) atoms. The topological polar surface area (TPSA) is 66.4 Å². The number of piperidine rings is 1. The highest BCUT2D eigenvalue weighted by molar-refractivity contribution is 5.67. The fourth-order valence-electron chi connectivity index (χ4n) is 4.13. The number of aryl methyl sites for hydroxylation is 1. The summed E-state index contributed by atoms with van der Waals surface area (Å²) in [6, 6.07) is 14.9. The highest BCUT2D eigenvalue weighted by Gasteiger charge is 2.24. The molecule has 0 radical (unpaired) electrons. The van der Waals surface area contributed by atoms with Crippen LogP contribution in [0.25, 0.3) is 0 Å². The van der Waals surface area contributed by atoms with Crippen LogP contribution >= 0.6 is 0 Å². The van der Waals surface area contributed by atoms with Gasteiger partial charge in [-0.1, -0.05) is 18.2 Å². The number of nitrogens with one attached hydrogen (secondary N) is 1. The van der Waals surface area contributed by atoms with E-state index in [-0.39, 0.29) is 0 Å². The van der Waals surface area contributed by atoms with Crippen molar-refractivity contribution in [2.24, 2.45) is 0 Å². The van der Waals surface area contributed by atoms with Crippen LogP contribution in [0.4, 0.5) is 23.1 Å². The van der Waals surface area contributed by atoms with Crippen molar-refractivity contribution in [1.82, 2.24) is 15.0 Å². The highest BCUT2D eigenvalue weighted by Crippen LogP contribution is 2.35. The number of benzene rings is 1. The van der Waals surface area contributed by atoms with Gasteiger partial charge < -0.3 is 19.9 Å². The number of nitrogens with zero attached hydrogens (tertiary/aromatic N) is 5. The van der Waals surface area contributed by atoms with Crippen molar-refractivity contribution < 1.29 is 4.74 Å². The van der Waals surface area contributed by atoms with E-state index in [4.69, 9.17) is 9.72 Å². The molecule has 0 unspecified atom stereocenters. The second-order valence-corrected chi connectivity index (χ2v) is 7.78. The number of ether oxygens (including phenoxy) is 1. The van der Waals surface area contributed by atoms with Crippen LogP contribution in [-0.2, 0) is 0 Å². The quantitative estimate of drug-likeness (QED) is 0.712. The third-order valence-electron chi connectivity index (χ3n) is 5.71. The Morgan fingerprint density at radius 2 is 1.83 bits per heavy atom. The number of rotatable bonds is 4. The van der Waals surface area contributed by atoms with E-state index in [2.05, 4.69) is 49.4 Å². The number of anilines is 4. The number of para-hydroxylation sites is 1. The average molecular weight is 403 g/mol. The Morgan fingerprint density at radius 3 is 2.63 bits per heavy atom. The fourth-order valence-corrected chi connectivity index (χ4v) is 4.13. The number of fused-ring (bicyclic) bond motifs is 1. The summed E-state index contributed by atoms with van der Waals surface area (Å²) in [6.07, 6.45) is 5.76. The Labute approximate surface area is 176 Å². The minimum atomic E-state index is 0.358. The predicted octanol–water partition coefficient (Wildman–Crippen LogP) is 3.79. The second-order valence-electron chi connectivity index (χ2n) is 7.78. The van der Waals surface area contributed by atoms with Crippen LogP contribution in [-0.4, -0.2) is 47.2 Å². The molecule has 5 rings (SSSR count). The molecule has 4 heterocycles. The van der Waals surface area contributed by atoms with Gasteiger partial charge in [0.05, 0.1) is 12.7 Å². The van der Waals surface area contributed by atoms with Crippen LogP contribution in [0.15, 0.2) is 54.9 Å². The van der Waals surface area contributed by atoms with Crippen LogP contribution in [0.2, 0.25) is 0 Å². The molecule has 2 aliphatic rings. The van der Waals surface area contributed by atoms with Gasteiger partial charge >= 0.3 is 0 Å². The summed E-state index contributed by atoms with van der Waals surface area (Å²) in [4.78, 5) is 18.2. The van der Waals surface area contributed by atoms with E-state index in [0.29, 0.717) is 18.6 Å². The van der Waals surface area contributed by atoms with Gasteiger partial charge in [-0.05, 0) is 44.0 Å². The molecule has 0 amide bonds. The lowest BCUT2D eigenvalue weighted by Gasteiger charge is -2.34. The molecule has 3 aromatic rings. The molecular formula is C23H26N6O. The van der Waals surface area contributed by atoms with Crippen LogP contribution in [0, 0.1) is 6.92 Å². The molecule has 7 nitrogen and oxygen atoms in total. The summed E-state index contributed by atoms with van der Waals surface area (Å²) in [6.45, 7) is 5.45. The van der Waals surface area contributed by atoms with Crippen LogP contribution in [0.1, 0.15) is 18.5 Å². The number of aromatic nitrogens is 3. The predicted molar refractivity (Wildman–Crippen MR) is 119 cm³/mol. The van der Waals surface area contributed by atoms with Gasteiger partial charge in [0.1, 0.15) is 6.61 Å². The summed E-state index contributed by atoms with van der Waals surface area (Å²) in [5.41, 5.74) is 3.43. The number of pyridine rings is 1. The van der Waals surface area contributed by atoms with Crippen molar-refractivity contribution in [3.05, 3.63) is 60.6 Å².